The van der Waals surface area contributed by atoms with Crippen LogP contribution in [0.3, 0.4) is 0 Å². The van der Waals surface area contributed by atoms with Crippen LogP contribution in [0.2, 0.25) is 0 Å². The van der Waals surface area contributed by atoms with Crippen molar-refractivity contribution in [3.8, 4) is 5.75 Å². The number of nitro groups is 1. The van der Waals surface area contributed by atoms with Gasteiger partial charge in [-0.25, -0.2) is 10.1 Å². The molecule has 1 aromatic carbocycles. The van der Waals surface area contributed by atoms with E-state index >= 15 is 0 Å². The molecule has 14 heavy (non-hydrogen) atoms. The maximum atomic E-state index is 10.2. The second kappa shape index (κ2) is 4.88. The zero-order valence-electron chi connectivity index (χ0n) is 6.89. The van der Waals surface area contributed by atoms with Gasteiger partial charge in [-0.1, -0.05) is 18.2 Å². The minimum Gasteiger partial charge on any atom is -0.385 e. The van der Waals surface area contributed by atoms with E-state index in [0.29, 0.717) is 15.8 Å². The molecule has 0 bridgehead atoms. The number of para-hydroxylation sites is 1. The number of hydrogen-bond acceptors (Lipinski definition) is 3. The highest BCUT2D eigenvalue weighted by Crippen LogP contribution is 2.21. The fourth-order valence-electron chi connectivity index (χ4n) is 0.908. The molecule has 0 fully saturated rings. The normalized spacial score (nSPS) is 9.57. The quantitative estimate of drug-likeness (QED) is 0.458. The van der Waals surface area contributed by atoms with Crippen molar-refractivity contribution >= 4 is 23.6 Å². The van der Waals surface area contributed by atoms with E-state index in [9.17, 15) is 10.1 Å². The van der Waals surface area contributed by atoms with E-state index in [1.807, 2.05) is 0 Å². The van der Waals surface area contributed by atoms with Gasteiger partial charge < -0.3 is 4.29 Å². The van der Waals surface area contributed by atoms with Crippen LogP contribution in [0, 0.1) is 10.1 Å². The molecular weight excluding hydrogens is 231 g/mol. The van der Waals surface area contributed by atoms with Crippen molar-refractivity contribution in [1.82, 2.24) is 4.53 Å². The Hall–Kier alpha value is -1.20. The van der Waals surface area contributed by atoms with Crippen LogP contribution in [0.5, 0.6) is 5.75 Å². The highest BCUT2D eigenvalue weighted by atomic mass is 35.5. The molecule has 0 unspecified atom stereocenters. The maximum Gasteiger partial charge on any atom is 0.176 e. The van der Waals surface area contributed by atoms with E-state index < -0.39 is 5.03 Å². The summed E-state index contributed by atoms with van der Waals surface area (Å²) in [6.45, 7) is -0.0859. The summed E-state index contributed by atoms with van der Waals surface area (Å²) in [5, 5.41) is 9.50. The largest absolute Gasteiger partial charge is 0.385 e. The zero-order valence-corrected chi connectivity index (χ0v) is 8.40. The molecule has 0 aliphatic rings. The van der Waals surface area contributed by atoms with Crippen molar-refractivity contribution in [2.75, 3.05) is 0 Å². The summed E-state index contributed by atoms with van der Waals surface area (Å²) in [7, 11) is 0. The first-order valence-corrected chi connectivity index (χ1v) is 4.24. The monoisotopic (exact) mass is 236 g/mol. The summed E-state index contributed by atoms with van der Waals surface area (Å²) in [5.74, 6) is 0.349. The van der Waals surface area contributed by atoms with Gasteiger partial charge in [0.05, 0.1) is 11.8 Å². The van der Waals surface area contributed by atoms with Crippen molar-refractivity contribution in [2.45, 2.75) is 6.54 Å². The molecule has 0 aliphatic carbocycles. The molecule has 0 heterocycles. The van der Waals surface area contributed by atoms with Crippen LogP contribution >= 0.6 is 23.6 Å². The minimum atomic E-state index is -0.730. The van der Waals surface area contributed by atoms with Crippen molar-refractivity contribution in [1.29, 1.82) is 0 Å². The van der Waals surface area contributed by atoms with E-state index in [0.717, 1.165) is 0 Å². The number of rotatable bonds is 4. The maximum absolute atomic E-state index is 10.2. The summed E-state index contributed by atoms with van der Waals surface area (Å²) in [4.78, 5) is 10.2. The predicted molar refractivity (Wildman–Crippen MR) is 51.3 cm³/mol. The average molecular weight is 237 g/mol. The third-order valence-electron chi connectivity index (χ3n) is 1.53. The van der Waals surface area contributed by atoms with E-state index in [4.69, 9.17) is 23.6 Å². The first-order valence-electron chi connectivity index (χ1n) is 3.59. The molecule has 76 valence electrons. The summed E-state index contributed by atoms with van der Waals surface area (Å²) >= 11 is 10.5. The molecule has 0 atom stereocenters. The van der Waals surface area contributed by atoms with E-state index in [1.54, 1.807) is 24.3 Å². The van der Waals surface area contributed by atoms with Crippen LogP contribution in [0.4, 0.5) is 0 Å². The fraction of sp³-hybridized carbons (Fsp3) is 0.143. The van der Waals surface area contributed by atoms with Crippen molar-refractivity contribution in [3.05, 3.63) is 39.9 Å². The smallest absolute Gasteiger partial charge is 0.176 e. The molecule has 0 aliphatic heterocycles. The second-order valence-corrected chi connectivity index (χ2v) is 2.96. The minimum absolute atomic E-state index is 0.0859. The van der Waals surface area contributed by atoms with Crippen LogP contribution in [0.25, 0.3) is 0 Å². The summed E-state index contributed by atoms with van der Waals surface area (Å²) in [6.07, 6.45) is 0. The molecule has 0 aromatic heterocycles. The standard InChI is InChI=1S/C7H6Cl2N2O3/c8-10(11(12)13)5-6-3-1-2-4-7(6)14-9/h1-4H,5H2. The Morgan fingerprint density at radius 3 is 2.71 bits per heavy atom. The Kier molecular flexibility index (Phi) is 3.79. The highest BCUT2D eigenvalue weighted by Gasteiger charge is 2.14. The van der Waals surface area contributed by atoms with Crippen LogP contribution in [0.1, 0.15) is 5.56 Å². The average Bonchev–Trinajstić information content (AvgIpc) is 2.18. The Labute approximate surface area is 90.2 Å². The number of hydrazine groups is 1. The number of hydrogen-bond donors (Lipinski definition) is 0. The summed E-state index contributed by atoms with van der Waals surface area (Å²) < 4.78 is 4.92. The molecule has 1 aromatic rings. The number of halogens is 2. The molecule has 7 heteroatoms. The van der Waals surface area contributed by atoms with Crippen LogP contribution in [0.15, 0.2) is 24.3 Å². The fourth-order valence-corrected chi connectivity index (χ4v) is 1.19. The lowest BCUT2D eigenvalue weighted by atomic mass is 10.2. The van der Waals surface area contributed by atoms with Crippen LogP contribution < -0.4 is 4.29 Å². The first kappa shape index (κ1) is 10.9. The summed E-state index contributed by atoms with van der Waals surface area (Å²) in [5.41, 5.74) is 0.536. The van der Waals surface area contributed by atoms with Gasteiger partial charge in [-0.05, 0) is 10.6 Å². The molecule has 0 amide bonds. The lowest BCUT2D eigenvalue weighted by molar-refractivity contribution is -0.625. The molecule has 0 saturated heterocycles. The molecule has 1 rings (SSSR count). The van der Waals surface area contributed by atoms with E-state index in [2.05, 4.69) is 4.29 Å². The van der Waals surface area contributed by atoms with Crippen molar-refractivity contribution in [3.63, 3.8) is 0 Å². The Morgan fingerprint density at radius 1 is 1.50 bits per heavy atom. The zero-order chi connectivity index (χ0) is 10.6. The van der Waals surface area contributed by atoms with Crippen LogP contribution in [-0.2, 0) is 6.54 Å². The third kappa shape index (κ3) is 2.65. The molecule has 0 spiro atoms. The Morgan fingerprint density at radius 2 is 2.14 bits per heavy atom. The molecule has 0 N–H and O–H groups in total. The second-order valence-electron chi connectivity index (χ2n) is 2.42. The van der Waals surface area contributed by atoms with Crippen molar-refractivity contribution < 1.29 is 9.32 Å². The lowest BCUT2D eigenvalue weighted by Gasteiger charge is -2.07. The Balaban J connectivity index is 2.80. The number of nitrogens with zero attached hydrogens (tertiary/aromatic N) is 2. The summed E-state index contributed by atoms with van der Waals surface area (Å²) in [6, 6.07) is 6.63. The van der Waals surface area contributed by atoms with Gasteiger partial charge in [0.25, 0.3) is 0 Å². The van der Waals surface area contributed by atoms with Crippen LogP contribution in [-0.4, -0.2) is 9.56 Å². The van der Waals surface area contributed by atoms with E-state index in [-0.39, 0.29) is 6.54 Å². The van der Waals surface area contributed by atoms with Gasteiger partial charge in [0, 0.05) is 5.56 Å². The molecular formula is C7H6Cl2N2O3. The van der Waals surface area contributed by atoms with Crippen molar-refractivity contribution in [2.24, 2.45) is 0 Å². The molecule has 0 radical (unpaired) electrons. The van der Waals surface area contributed by atoms with Gasteiger partial charge >= 0.3 is 0 Å². The van der Waals surface area contributed by atoms with Gasteiger partial charge in [-0.3, -0.25) is 0 Å². The number of benzene rings is 1. The SMILES string of the molecule is O=[N+]([O-])N(Cl)Cc1ccccc1OCl. The van der Waals surface area contributed by atoms with Gasteiger partial charge in [0.1, 0.15) is 18.4 Å². The third-order valence-corrected chi connectivity index (χ3v) is 1.94. The molecule has 5 nitrogen and oxygen atoms in total. The topological polar surface area (TPSA) is 55.6 Å². The highest BCUT2D eigenvalue weighted by molar-refractivity contribution is 6.12. The first-order chi connectivity index (χ1) is 6.65. The lowest BCUT2D eigenvalue weighted by Crippen LogP contribution is -2.19. The van der Waals surface area contributed by atoms with E-state index in [1.165, 1.54) is 0 Å². The van der Waals surface area contributed by atoms with Gasteiger partial charge in [0.2, 0.25) is 0 Å². The Bertz CT molecular complexity index is 334. The predicted octanol–water partition coefficient (Wildman–Crippen LogP) is 2.37. The van der Waals surface area contributed by atoms with Gasteiger partial charge in [-0.2, -0.15) is 0 Å². The van der Waals surface area contributed by atoms with Gasteiger partial charge in [-0.15, -0.1) is 0 Å². The molecule has 0 saturated carbocycles. The van der Waals surface area contributed by atoms with Gasteiger partial charge in [0.15, 0.2) is 10.8 Å².